The van der Waals surface area contributed by atoms with Crippen molar-refractivity contribution in [3.8, 4) is 0 Å². The summed E-state index contributed by atoms with van der Waals surface area (Å²) in [6.45, 7) is 3.54. The van der Waals surface area contributed by atoms with Crippen molar-refractivity contribution in [1.82, 2.24) is 10.2 Å². The van der Waals surface area contributed by atoms with Gasteiger partial charge in [-0.05, 0) is 67.4 Å². The molecule has 39 heavy (non-hydrogen) atoms. The Balaban J connectivity index is 1.99. The van der Waals surface area contributed by atoms with Crippen molar-refractivity contribution in [3.63, 3.8) is 0 Å². The third kappa shape index (κ3) is 8.11. The summed E-state index contributed by atoms with van der Waals surface area (Å²) < 4.78 is 28.4. The summed E-state index contributed by atoms with van der Waals surface area (Å²) in [4.78, 5) is 28.2. The van der Waals surface area contributed by atoms with Crippen LogP contribution in [0.1, 0.15) is 32.3 Å². The number of carbonyl (C=O) groups is 2. The number of benzene rings is 3. The maximum atomic E-state index is 13.9. The van der Waals surface area contributed by atoms with Crippen LogP contribution in [0.5, 0.6) is 0 Å². The van der Waals surface area contributed by atoms with Gasteiger partial charge in [-0.25, -0.2) is 8.42 Å². The molecular formula is C28H30Cl3N3O4S. The molecule has 0 aliphatic heterocycles. The number of nitrogens with one attached hydrogen (secondary N) is 1. The molecule has 0 aliphatic carbocycles. The molecule has 0 radical (unpaired) electrons. The molecule has 0 bridgehead atoms. The highest BCUT2D eigenvalue weighted by molar-refractivity contribution is 7.92. The van der Waals surface area contributed by atoms with Crippen LogP contribution in [0, 0.1) is 0 Å². The predicted octanol–water partition coefficient (Wildman–Crippen LogP) is 6.18. The Labute approximate surface area is 244 Å². The van der Waals surface area contributed by atoms with E-state index < -0.39 is 28.5 Å². The molecule has 0 aliphatic rings. The third-order valence-electron chi connectivity index (χ3n) is 6.06. The van der Waals surface area contributed by atoms with Crippen LogP contribution in [0.25, 0.3) is 0 Å². The fraction of sp³-hybridized carbons (Fsp3) is 0.286. The van der Waals surface area contributed by atoms with Gasteiger partial charge in [-0.2, -0.15) is 0 Å². The number of amides is 2. The van der Waals surface area contributed by atoms with Crippen molar-refractivity contribution < 1.29 is 18.0 Å². The van der Waals surface area contributed by atoms with Crippen LogP contribution in [0.4, 0.5) is 5.69 Å². The molecule has 1 atom stereocenters. The Morgan fingerprint density at radius 3 is 2.21 bits per heavy atom. The standard InChI is InChI=1S/C28H30Cl3N3O4S/c1-3-4-16-32-28(36)20(2)33(18-21-10-15-25(30)26(31)17-21)27(35)19-34(23-13-11-22(29)12-14-23)39(37,38)24-8-6-5-7-9-24/h5-15,17,20H,3-4,16,18-19H2,1-2H3,(H,32,36)/t20-/m0/s1. The smallest absolute Gasteiger partial charge is 0.264 e. The molecule has 7 nitrogen and oxygen atoms in total. The predicted molar refractivity (Wildman–Crippen MR) is 157 cm³/mol. The number of unbranched alkanes of at least 4 members (excludes halogenated alkanes) is 1. The monoisotopic (exact) mass is 609 g/mol. The SMILES string of the molecule is CCCCNC(=O)[C@H](C)N(Cc1ccc(Cl)c(Cl)c1)C(=O)CN(c1ccc(Cl)cc1)S(=O)(=O)c1ccccc1. The number of nitrogens with zero attached hydrogens (tertiary/aromatic N) is 2. The molecule has 3 aromatic carbocycles. The molecule has 3 rings (SSSR count). The van der Waals surface area contributed by atoms with Crippen LogP contribution in [-0.4, -0.2) is 44.3 Å². The Hall–Kier alpha value is -2.78. The minimum absolute atomic E-state index is 0.0118. The van der Waals surface area contributed by atoms with Crippen molar-refractivity contribution >= 4 is 62.3 Å². The highest BCUT2D eigenvalue weighted by atomic mass is 35.5. The zero-order valence-electron chi connectivity index (χ0n) is 21.6. The Morgan fingerprint density at radius 1 is 0.923 bits per heavy atom. The molecule has 3 aromatic rings. The molecule has 1 N–H and O–H groups in total. The van der Waals surface area contributed by atoms with Crippen LogP contribution in [0.3, 0.4) is 0 Å². The molecule has 2 amide bonds. The fourth-order valence-electron chi connectivity index (χ4n) is 3.81. The van der Waals surface area contributed by atoms with Crippen LogP contribution in [-0.2, 0) is 26.2 Å². The van der Waals surface area contributed by atoms with Crippen molar-refractivity contribution in [1.29, 1.82) is 0 Å². The van der Waals surface area contributed by atoms with E-state index >= 15 is 0 Å². The lowest BCUT2D eigenvalue weighted by Crippen LogP contribution is -2.51. The van der Waals surface area contributed by atoms with Gasteiger partial charge in [0.25, 0.3) is 10.0 Å². The Morgan fingerprint density at radius 2 is 1.59 bits per heavy atom. The second kappa shape index (κ2) is 14.0. The maximum absolute atomic E-state index is 13.9. The zero-order valence-corrected chi connectivity index (χ0v) is 24.7. The molecule has 208 valence electrons. The van der Waals surface area contributed by atoms with Gasteiger partial charge in [0, 0.05) is 18.1 Å². The molecule has 0 saturated carbocycles. The van der Waals surface area contributed by atoms with Gasteiger partial charge in [-0.3, -0.25) is 13.9 Å². The van der Waals surface area contributed by atoms with Gasteiger partial charge in [0.15, 0.2) is 0 Å². The largest absolute Gasteiger partial charge is 0.354 e. The maximum Gasteiger partial charge on any atom is 0.264 e. The number of anilines is 1. The van der Waals surface area contributed by atoms with Gasteiger partial charge >= 0.3 is 0 Å². The van der Waals surface area contributed by atoms with Gasteiger partial charge in [-0.1, -0.05) is 72.4 Å². The number of rotatable bonds is 12. The van der Waals surface area contributed by atoms with E-state index in [-0.39, 0.29) is 23.0 Å². The van der Waals surface area contributed by atoms with Crippen molar-refractivity contribution in [2.75, 3.05) is 17.4 Å². The number of hydrogen-bond donors (Lipinski definition) is 1. The first-order chi connectivity index (χ1) is 18.5. The molecule has 11 heteroatoms. The average Bonchev–Trinajstić information content (AvgIpc) is 2.93. The Bertz CT molecular complexity index is 1390. The van der Waals surface area contributed by atoms with Crippen molar-refractivity contribution in [2.24, 2.45) is 0 Å². The highest BCUT2D eigenvalue weighted by Gasteiger charge is 2.32. The summed E-state index contributed by atoms with van der Waals surface area (Å²) >= 11 is 18.3. The van der Waals surface area contributed by atoms with E-state index in [1.54, 1.807) is 55.5 Å². The first kappa shape index (κ1) is 30.8. The summed E-state index contributed by atoms with van der Waals surface area (Å²) in [7, 11) is -4.14. The third-order valence-corrected chi connectivity index (χ3v) is 8.84. The van der Waals surface area contributed by atoms with Gasteiger partial charge in [0.05, 0.1) is 20.6 Å². The Kier molecular flexibility index (Phi) is 11.1. The van der Waals surface area contributed by atoms with E-state index in [4.69, 9.17) is 34.8 Å². The minimum Gasteiger partial charge on any atom is -0.354 e. The van der Waals surface area contributed by atoms with Crippen LogP contribution in [0.2, 0.25) is 15.1 Å². The van der Waals surface area contributed by atoms with Crippen molar-refractivity contribution in [2.45, 2.75) is 44.2 Å². The minimum atomic E-state index is -4.14. The average molecular weight is 611 g/mol. The number of carbonyl (C=O) groups excluding carboxylic acids is 2. The van der Waals surface area contributed by atoms with Crippen LogP contribution < -0.4 is 9.62 Å². The summed E-state index contributed by atoms with van der Waals surface area (Å²) in [6, 6.07) is 18.0. The summed E-state index contributed by atoms with van der Waals surface area (Å²) in [6.07, 6.45) is 1.69. The zero-order chi connectivity index (χ0) is 28.6. The second-order valence-corrected chi connectivity index (χ2v) is 12.0. The van der Waals surface area contributed by atoms with E-state index in [2.05, 4.69) is 5.32 Å². The molecule has 0 spiro atoms. The first-order valence-corrected chi connectivity index (χ1v) is 15.0. The lowest BCUT2D eigenvalue weighted by Gasteiger charge is -2.32. The van der Waals surface area contributed by atoms with Gasteiger partial charge in [-0.15, -0.1) is 0 Å². The van der Waals surface area contributed by atoms with Crippen molar-refractivity contribution in [3.05, 3.63) is 93.4 Å². The molecule has 0 aromatic heterocycles. The second-order valence-electron chi connectivity index (χ2n) is 8.89. The summed E-state index contributed by atoms with van der Waals surface area (Å²) in [5.41, 5.74) is 0.890. The highest BCUT2D eigenvalue weighted by Crippen LogP contribution is 2.27. The fourth-order valence-corrected chi connectivity index (χ4v) is 5.69. The van der Waals surface area contributed by atoms with E-state index in [1.165, 1.54) is 29.2 Å². The van der Waals surface area contributed by atoms with Gasteiger partial charge in [0.1, 0.15) is 12.6 Å². The number of sulfonamides is 1. The molecule has 0 fully saturated rings. The van der Waals surface area contributed by atoms with E-state index in [0.29, 0.717) is 27.2 Å². The normalized spacial score (nSPS) is 12.0. The van der Waals surface area contributed by atoms with Gasteiger partial charge < -0.3 is 10.2 Å². The molecular weight excluding hydrogens is 581 g/mol. The van der Waals surface area contributed by atoms with E-state index in [1.807, 2.05) is 6.92 Å². The lowest BCUT2D eigenvalue weighted by atomic mass is 10.1. The quantitative estimate of drug-likeness (QED) is 0.248. The first-order valence-electron chi connectivity index (χ1n) is 12.4. The molecule has 0 saturated heterocycles. The summed E-state index contributed by atoms with van der Waals surface area (Å²) in [5, 5.41) is 3.92. The molecule has 0 heterocycles. The van der Waals surface area contributed by atoms with Crippen LogP contribution >= 0.6 is 34.8 Å². The molecule has 0 unspecified atom stereocenters. The number of hydrogen-bond acceptors (Lipinski definition) is 4. The van der Waals surface area contributed by atoms with E-state index in [0.717, 1.165) is 17.1 Å². The van der Waals surface area contributed by atoms with Gasteiger partial charge in [0.2, 0.25) is 11.8 Å². The van der Waals surface area contributed by atoms with E-state index in [9.17, 15) is 18.0 Å². The topological polar surface area (TPSA) is 86.8 Å². The lowest BCUT2D eigenvalue weighted by molar-refractivity contribution is -0.139. The van der Waals surface area contributed by atoms with Crippen LogP contribution in [0.15, 0.2) is 77.7 Å². The summed E-state index contributed by atoms with van der Waals surface area (Å²) in [5.74, 6) is -0.922. The number of halogens is 3.